The van der Waals surface area contributed by atoms with E-state index >= 15 is 0 Å². The average molecular weight is 261 g/mol. The predicted octanol–water partition coefficient (Wildman–Crippen LogP) is 2.29. The van der Waals surface area contributed by atoms with Crippen LogP contribution >= 0.6 is 11.6 Å². The molecule has 0 radical (unpaired) electrons. The van der Waals surface area contributed by atoms with Gasteiger partial charge in [0.15, 0.2) is 5.82 Å². The van der Waals surface area contributed by atoms with Gasteiger partial charge in [-0.05, 0) is 35.6 Å². The molecular formula is C13H13ClN4. The van der Waals surface area contributed by atoms with E-state index in [2.05, 4.69) is 39.6 Å². The van der Waals surface area contributed by atoms with E-state index in [4.69, 9.17) is 17.3 Å². The smallest absolute Gasteiger partial charge is 0.224 e. The summed E-state index contributed by atoms with van der Waals surface area (Å²) in [5.41, 5.74) is 9.12. The number of halogens is 1. The third-order valence-electron chi connectivity index (χ3n) is 3.18. The third-order valence-corrected chi connectivity index (χ3v) is 3.36. The molecule has 5 heteroatoms. The first-order valence-corrected chi connectivity index (χ1v) is 6.21. The van der Waals surface area contributed by atoms with Gasteiger partial charge >= 0.3 is 0 Å². The van der Waals surface area contributed by atoms with Crippen LogP contribution in [0.2, 0.25) is 5.28 Å². The highest BCUT2D eigenvalue weighted by molar-refractivity contribution is 6.28. The Morgan fingerprint density at radius 2 is 1.89 bits per heavy atom. The van der Waals surface area contributed by atoms with Crippen molar-refractivity contribution in [3.8, 4) is 0 Å². The van der Waals surface area contributed by atoms with Gasteiger partial charge in [0.1, 0.15) is 0 Å². The SMILES string of the molecule is Nc1cnc(Cl)nc1NC1Cc2ccccc2C1. The fourth-order valence-electron chi connectivity index (χ4n) is 2.34. The Labute approximate surface area is 110 Å². The highest BCUT2D eigenvalue weighted by Crippen LogP contribution is 2.25. The molecule has 0 aliphatic heterocycles. The summed E-state index contributed by atoms with van der Waals surface area (Å²) < 4.78 is 0. The molecule has 0 fully saturated rings. The van der Waals surface area contributed by atoms with Crippen molar-refractivity contribution in [2.45, 2.75) is 18.9 Å². The van der Waals surface area contributed by atoms with Crippen molar-refractivity contribution in [3.05, 3.63) is 46.9 Å². The molecule has 3 rings (SSSR count). The average Bonchev–Trinajstić information content (AvgIpc) is 2.76. The predicted molar refractivity (Wildman–Crippen MR) is 72.7 cm³/mol. The Balaban J connectivity index is 1.78. The van der Waals surface area contributed by atoms with E-state index in [1.807, 2.05) is 0 Å². The van der Waals surface area contributed by atoms with E-state index in [0.29, 0.717) is 17.5 Å². The molecule has 92 valence electrons. The Morgan fingerprint density at radius 3 is 2.56 bits per heavy atom. The number of nitrogen functional groups attached to an aromatic ring is 1. The Hall–Kier alpha value is -1.81. The van der Waals surface area contributed by atoms with Crippen molar-refractivity contribution in [2.75, 3.05) is 11.1 Å². The fourth-order valence-corrected chi connectivity index (χ4v) is 2.47. The van der Waals surface area contributed by atoms with Gasteiger partial charge in [-0.25, -0.2) is 4.98 Å². The molecule has 1 aliphatic rings. The van der Waals surface area contributed by atoms with Crippen molar-refractivity contribution in [3.63, 3.8) is 0 Å². The molecule has 0 saturated carbocycles. The van der Waals surface area contributed by atoms with Gasteiger partial charge in [0.25, 0.3) is 0 Å². The maximum Gasteiger partial charge on any atom is 0.224 e. The normalized spacial score (nSPS) is 14.5. The maximum absolute atomic E-state index is 5.83. The molecule has 3 N–H and O–H groups in total. The molecule has 1 aromatic heterocycles. The first kappa shape index (κ1) is 11.3. The first-order valence-electron chi connectivity index (χ1n) is 5.83. The van der Waals surface area contributed by atoms with Crippen molar-refractivity contribution < 1.29 is 0 Å². The van der Waals surface area contributed by atoms with E-state index in [1.165, 1.54) is 17.3 Å². The molecule has 2 aromatic rings. The summed E-state index contributed by atoms with van der Waals surface area (Å²) in [6, 6.07) is 8.77. The highest BCUT2D eigenvalue weighted by atomic mass is 35.5. The Morgan fingerprint density at radius 1 is 1.22 bits per heavy atom. The fraction of sp³-hybridized carbons (Fsp3) is 0.231. The van der Waals surface area contributed by atoms with Crippen LogP contribution in [0.4, 0.5) is 11.5 Å². The highest BCUT2D eigenvalue weighted by Gasteiger charge is 2.21. The van der Waals surface area contributed by atoms with Gasteiger partial charge in [0.05, 0.1) is 11.9 Å². The summed E-state index contributed by atoms with van der Waals surface area (Å²) in [4.78, 5) is 7.96. The molecule has 1 aromatic carbocycles. The van der Waals surface area contributed by atoms with Crippen LogP contribution in [0.1, 0.15) is 11.1 Å². The summed E-state index contributed by atoms with van der Waals surface area (Å²) in [7, 11) is 0. The van der Waals surface area contributed by atoms with Crippen LogP contribution < -0.4 is 11.1 Å². The molecule has 18 heavy (non-hydrogen) atoms. The minimum atomic E-state index is 0.210. The molecule has 0 unspecified atom stereocenters. The zero-order valence-electron chi connectivity index (χ0n) is 9.73. The van der Waals surface area contributed by atoms with Crippen LogP contribution in [0.5, 0.6) is 0 Å². The van der Waals surface area contributed by atoms with Crippen LogP contribution in [0.25, 0.3) is 0 Å². The van der Waals surface area contributed by atoms with Crippen molar-refractivity contribution in [2.24, 2.45) is 0 Å². The van der Waals surface area contributed by atoms with E-state index in [9.17, 15) is 0 Å². The summed E-state index contributed by atoms with van der Waals surface area (Å²) in [6.07, 6.45) is 3.49. The molecule has 0 saturated heterocycles. The zero-order valence-corrected chi connectivity index (χ0v) is 10.5. The van der Waals surface area contributed by atoms with Gasteiger partial charge in [-0.2, -0.15) is 4.98 Å². The van der Waals surface area contributed by atoms with Crippen molar-refractivity contribution in [1.82, 2.24) is 9.97 Å². The lowest BCUT2D eigenvalue weighted by atomic mass is 10.1. The summed E-state index contributed by atoms with van der Waals surface area (Å²) in [6.45, 7) is 0. The number of anilines is 2. The second-order valence-corrected chi connectivity index (χ2v) is 4.80. The number of nitrogens with zero attached hydrogens (tertiary/aromatic N) is 2. The minimum Gasteiger partial charge on any atom is -0.394 e. The molecule has 4 nitrogen and oxygen atoms in total. The lowest BCUT2D eigenvalue weighted by molar-refractivity contribution is 0.768. The van der Waals surface area contributed by atoms with Crippen LogP contribution in [0.3, 0.4) is 0 Å². The molecular weight excluding hydrogens is 248 g/mol. The monoisotopic (exact) mass is 260 g/mol. The van der Waals surface area contributed by atoms with Crippen LogP contribution in [0, 0.1) is 0 Å². The van der Waals surface area contributed by atoms with Crippen LogP contribution in [0.15, 0.2) is 30.5 Å². The number of aromatic nitrogens is 2. The molecule has 0 spiro atoms. The van der Waals surface area contributed by atoms with E-state index < -0.39 is 0 Å². The number of nitrogens with two attached hydrogens (primary N) is 1. The lowest BCUT2D eigenvalue weighted by Crippen LogP contribution is -2.21. The van der Waals surface area contributed by atoms with Crippen molar-refractivity contribution >= 4 is 23.1 Å². The second kappa shape index (κ2) is 4.46. The standard InChI is InChI=1S/C13H13ClN4/c14-13-16-7-11(15)12(18-13)17-10-5-8-3-1-2-4-9(8)6-10/h1-4,7,10H,5-6,15H2,(H,16,17,18). The maximum atomic E-state index is 5.83. The number of hydrogen-bond donors (Lipinski definition) is 2. The molecule has 1 heterocycles. The van der Waals surface area contributed by atoms with E-state index in [0.717, 1.165) is 12.8 Å². The van der Waals surface area contributed by atoms with Gasteiger partial charge in [-0.3, -0.25) is 0 Å². The van der Waals surface area contributed by atoms with Crippen LogP contribution in [-0.2, 0) is 12.8 Å². The van der Waals surface area contributed by atoms with Gasteiger partial charge in [-0.15, -0.1) is 0 Å². The number of rotatable bonds is 2. The summed E-state index contributed by atoms with van der Waals surface area (Å²) in [5.74, 6) is 0.618. The number of benzene rings is 1. The van der Waals surface area contributed by atoms with Gasteiger partial charge in [-0.1, -0.05) is 24.3 Å². The Kier molecular flexibility index (Phi) is 2.80. The van der Waals surface area contributed by atoms with Gasteiger partial charge in [0, 0.05) is 6.04 Å². The van der Waals surface area contributed by atoms with E-state index in [1.54, 1.807) is 0 Å². The largest absolute Gasteiger partial charge is 0.394 e. The minimum absolute atomic E-state index is 0.210. The molecule has 0 amide bonds. The topological polar surface area (TPSA) is 63.8 Å². The quantitative estimate of drug-likeness (QED) is 0.814. The van der Waals surface area contributed by atoms with Crippen LogP contribution in [-0.4, -0.2) is 16.0 Å². The number of hydrogen-bond acceptors (Lipinski definition) is 4. The summed E-state index contributed by atoms with van der Waals surface area (Å²) >= 11 is 5.77. The van der Waals surface area contributed by atoms with Crippen molar-refractivity contribution in [1.29, 1.82) is 0 Å². The first-order chi connectivity index (χ1) is 8.72. The van der Waals surface area contributed by atoms with E-state index in [-0.39, 0.29) is 5.28 Å². The molecule has 0 atom stereocenters. The molecule has 0 bridgehead atoms. The summed E-state index contributed by atoms with van der Waals surface area (Å²) in [5, 5.41) is 3.55. The third kappa shape index (κ3) is 2.11. The zero-order chi connectivity index (χ0) is 12.5. The molecule has 1 aliphatic carbocycles. The van der Waals surface area contributed by atoms with Gasteiger partial charge < -0.3 is 11.1 Å². The second-order valence-electron chi connectivity index (χ2n) is 4.46. The Bertz CT molecular complexity index is 560. The number of fused-ring (bicyclic) bond motifs is 1. The number of nitrogens with one attached hydrogen (secondary N) is 1. The lowest BCUT2D eigenvalue weighted by Gasteiger charge is -2.14. The van der Waals surface area contributed by atoms with Gasteiger partial charge in [0.2, 0.25) is 5.28 Å².